The molecule has 0 spiro atoms. The molecule has 0 aromatic rings. The minimum atomic E-state index is 0.143. The lowest BCUT2D eigenvalue weighted by molar-refractivity contribution is -0.295. The van der Waals surface area contributed by atoms with Crippen molar-refractivity contribution in [1.29, 1.82) is 0 Å². The number of fused-ring (bicyclic) bond motifs is 4. The standard InChI is InChI=1S/C16H20/c1-9-10(2)14(6)13(9,5)15(7)11(3)12(4)16(14,15)8/h1-4H2,5-8H3. The van der Waals surface area contributed by atoms with Gasteiger partial charge in [-0.15, -0.1) is 0 Å². The van der Waals surface area contributed by atoms with E-state index in [1.807, 2.05) is 0 Å². The van der Waals surface area contributed by atoms with Gasteiger partial charge in [0.2, 0.25) is 0 Å². The molecule has 3 fully saturated rings. The minimum absolute atomic E-state index is 0.143. The minimum Gasteiger partial charge on any atom is -0.0949 e. The molecule has 0 saturated heterocycles. The third kappa shape index (κ3) is 0.413. The van der Waals surface area contributed by atoms with E-state index in [4.69, 9.17) is 0 Å². The molecule has 0 nitrogen and oxygen atoms in total. The summed E-state index contributed by atoms with van der Waals surface area (Å²) in [6, 6.07) is 0. The van der Waals surface area contributed by atoms with Crippen molar-refractivity contribution in [2.75, 3.05) is 0 Å². The van der Waals surface area contributed by atoms with Gasteiger partial charge in [0.15, 0.2) is 0 Å². The molecule has 3 aliphatic rings. The first-order chi connectivity index (χ1) is 7.13. The summed E-state index contributed by atoms with van der Waals surface area (Å²) in [6.45, 7) is 26.2. The van der Waals surface area contributed by atoms with E-state index in [0.29, 0.717) is 0 Å². The van der Waals surface area contributed by atoms with Gasteiger partial charge in [-0.2, -0.15) is 0 Å². The van der Waals surface area contributed by atoms with Crippen LogP contribution in [0.1, 0.15) is 27.7 Å². The average molecular weight is 212 g/mol. The van der Waals surface area contributed by atoms with Crippen molar-refractivity contribution in [3.63, 3.8) is 0 Å². The lowest BCUT2D eigenvalue weighted by atomic mass is 9.10. The predicted molar refractivity (Wildman–Crippen MR) is 69.0 cm³/mol. The summed E-state index contributed by atoms with van der Waals surface area (Å²) in [7, 11) is 0. The normalized spacial score (nSPS) is 58.2. The second-order valence-corrected chi connectivity index (χ2v) is 6.41. The molecule has 0 aliphatic heterocycles. The van der Waals surface area contributed by atoms with Crippen LogP contribution >= 0.6 is 0 Å². The zero-order valence-electron chi connectivity index (χ0n) is 10.8. The summed E-state index contributed by atoms with van der Waals surface area (Å²) in [6.07, 6.45) is 0. The fourth-order valence-corrected chi connectivity index (χ4v) is 5.43. The highest BCUT2D eigenvalue weighted by Gasteiger charge is 2.92. The predicted octanol–water partition coefficient (Wildman–Crippen LogP) is 4.28. The Morgan fingerprint density at radius 3 is 0.750 bits per heavy atom. The molecular weight excluding hydrogens is 192 g/mol. The van der Waals surface area contributed by atoms with Gasteiger partial charge in [0, 0.05) is 21.7 Å². The van der Waals surface area contributed by atoms with Crippen LogP contribution < -0.4 is 0 Å². The Morgan fingerprint density at radius 1 is 0.500 bits per heavy atom. The number of hydrogen-bond acceptors (Lipinski definition) is 0. The van der Waals surface area contributed by atoms with Gasteiger partial charge in [0.05, 0.1) is 0 Å². The van der Waals surface area contributed by atoms with Crippen LogP contribution in [0.4, 0.5) is 0 Å². The molecular formula is C16H20. The summed E-state index contributed by atoms with van der Waals surface area (Å²) in [5, 5.41) is 0. The van der Waals surface area contributed by atoms with Crippen LogP contribution in [0.2, 0.25) is 0 Å². The maximum Gasteiger partial charge on any atom is 0.0127 e. The van der Waals surface area contributed by atoms with E-state index >= 15 is 0 Å². The second kappa shape index (κ2) is 1.92. The quantitative estimate of drug-likeness (QED) is 0.562. The molecule has 0 radical (unpaired) electrons. The van der Waals surface area contributed by atoms with Gasteiger partial charge in [0.1, 0.15) is 0 Å². The zero-order valence-corrected chi connectivity index (χ0v) is 10.8. The topological polar surface area (TPSA) is 0 Å². The van der Waals surface area contributed by atoms with E-state index in [0.717, 1.165) is 0 Å². The van der Waals surface area contributed by atoms with Crippen molar-refractivity contribution in [3.05, 3.63) is 48.6 Å². The van der Waals surface area contributed by atoms with E-state index < -0.39 is 0 Å². The monoisotopic (exact) mass is 212 g/mol. The molecule has 3 rings (SSSR count). The van der Waals surface area contributed by atoms with Crippen molar-refractivity contribution >= 4 is 0 Å². The Morgan fingerprint density at radius 2 is 0.625 bits per heavy atom. The summed E-state index contributed by atoms with van der Waals surface area (Å²) in [5.74, 6) is 0. The van der Waals surface area contributed by atoms with Crippen LogP contribution in [0, 0.1) is 21.7 Å². The van der Waals surface area contributed by atoms with Gasteiger partial charge >= 0.3 is 0 Å². The Hall–Kier alpha value is -1.04. The van der Waals surface area contributed by atoms with Crippen molar-refractivity contribution in [2.24, 2.45) is 21.7 Å². The number of allylic oxidation sites excluding steroid dienone is 4. The van der Waals surface area contributed by atoms with Crippen LogP contribution in [0.5, 0.6) is 0 Å². The Labute approximate surface area is 98.4 Å². The molecule has 0 aromatic carbocycles. The van der Waals surface area contributed by atoms with Crippen molar-refractivity contribution in [3.8, 4) is 0 Å². The van der Waals surface area contributed by atoms with Crippen LogP contribution in [-0.4, -0.2) is 0 Å². The highest BCUT2D eigenvalue weighted by Crippen LogP contribution is 2.97. The van der Waals surface area contributed by atoms with Gasteiger partial charge in [-0.25, -0.2) is 0 Å². The SMILES string of the molecule is C=C1C(=C)C2(C)C1(C)C1(C)C(=C)C(=C)C21C. The number of hydrogen-bond donors (Lipinski definition) is 0. The highest BCUT2D eigenvalue weighted by molar-refractivity contribution is 5.75. The molecule has 0 aromatic heterocycles. The van der Waals surface area contributed by atoms with E-state index in [1.54, 1.807) is 0 Å². The van der Waals surface area contributed by atoms with E-state index in [-0.39, 0.29) is 21.7 Å². The largest absolute Gasteiger partial charge is 0.0949 e. The first-order valence-electron chi connectivity index (χ1n) is 5.91. The molecule has 16 heavy (non-hydrogen) atoms. The fraction of sp³-hybridized carbons (Fsp3) is 0.500. The first kappa shape index (κ1) is 10.1. The lowest BCUT2D eigenvalue weighted by Gasteiger charge is -2.92. The van der Waals surface area contributed by atoms with Gasteiger partial charge in [0.25, 0.3) is 0 Å². The summed E-state index contributed by atoms with van der Waals surface area (Å²) >= 11 is 0. The molecule has 0 heterocycles. The van der Waals surface area contributed by atoms with Gasteiger partial charge in [-0.1, -0.05) is 54.0 Å². The highest BCUT2D eigenvalue weighted by atomic mass is 14.9. The summed E-state index contributed by atoms with van der Waals surface area (Å²) in [4.78, 5) is 0. The van der Waals surface area contributed by atoms with Crippen LogP contribution in [-0.2, 0) is 0 Å². The third-order valence-electron chi connectivity index (χ3n) is 7.14. The van der Waals surface area contributed by atoms with Crippen LogP contribution in [0.15, 0.2) is 48.6 Å². The molecule has 3 saturated carbocycles. The molecule has 0 N–H and O–H groups in total. The molecule has 0 amide bonds. The molecule has 0 atom stereocenters. The molecule has 0 bridgehead atoms. The molecule has 0 unspecified atom stereocenters. The first-order valence-corrected chi connectivity index (χ1v) is 5.91. The Kier molecular flexibility index (Phi) is 1.22. The number of rotatable bonds is 0. The van der Waals surface area contributed by atoms with Crippen LogP contribution in [0.3, 0.4) is 0 Å². The van der Waals surface area contributed by atoms with E-state index in [1.165, 1.54) is 22.3 Å². The fourth-order valence-electron chi connectivity index (χ4n) is 5.43. The van der Waals surface area contributed by atoms with Gasteiger partial charge in [-0.3, -0.25) is 0 Å². The average Bonchev–Trinajstić information content (AvgIpc) is 2.30. The third-order valence-corrected chi connectivity index (χ3v) is 7.14. The van der Waals surface area contributed by atoms with E-state index in [9.17, 15) is 0 Å². The van der Waals surface area contributed by atoms with Crippen molar-refractivity contribution in [1.82, 2.24) is 0 Å². The molecule has 3 aliphatic carbocycles. The van der Waals surface area contributed by atoms with Crippen molar-refractivity contribution < 1.29 is 0 Å². The zero-order chi connectivity index (χ0) is 12.3. The summed E-state index contributed by atoms with van der Waals surface area (Å²) in [5.41, 5.74) is 5.47. The van der Waals surface area contributed by atoms with E-state index in [2.05, 4.69) is 54.0 Å². The maximum atomic E-state index is 4.23. The maximum absolute atomic E-state index is 4.23. The van der Waals surface area contributed by atoms with Crippen LogP contribution in [0.25, 0.3) is 0 Å². The van der Waals surface area contributed by atoms with Crippen molar-refractivity contribution in [2.45, 2.75) is 27.7 Å². The smallest absolute Gasteiger partial charge is 0.0127 e. The summed E-state index contributed by atoms with van der Waals surface area (Å²) < 4.78 is 0. The Balaban J connectivity index is 2.30. The van der Waals surface area contributed by atoms with Gasteiger partial charge < -0.3 is 0 Å². The molecule has 84 valence electrons. The Bertz CT molecular complexity index is 408. The molecule has 0 heteroatoms. The van der Waals surface area contributed by atoms with Gasteiger partial charge in [-0.05, 0) is 22.3 Å². The lowest BCUT2D eigenvalue weighted by Crippen LogP contribution is -2.87. The second-order valence-electron chi connectivity index (χ2n) is 6.41.